The first-order chi connectivity index (χ1) is 9.16. The van der Waals surface area contributed by atoms with Crippen molar-refractivity contribution in [3.05, 3.63) is 59.4 Å². The number of carbonyl (C=O) groups is 1. The molecule has 5 heteroatoms. The Kier molecular flexibility index (Phi) is 2.72. The number of nitrogens with zero attached hydrogens (tertiary/aromatic N) is 2. The minimum absolute atomic E-state index is 0.171. The van der Waals surface area contributed by atoms with Crippen LogP contribution in [0.4, 0.5) is 0 Å². The number of halogens is 1. The molecule has 0 aliphatic rings. The molecule has 0 aliphatic carbocycles. The molecule has 94 valence electrons. The van der Waals surface area contributed by atoms with Gasteiger partial charge in [0.05, 0.1) is 11.7 Å². The van der Waals surface area contributed by atoms with E-state index in [-0.39, 0.29) is 5.69 Å². The van der Waals surface area contributed by atoms with Gasteiger partial charge in [0, 0.05) is 10.6 Å². The number of hydrogen-bond acceptors (Lipinski definition) is 2. The molecule has 0 saturated heterocycles. The molecule has 0 fully saturated rings. The van der Waals surface area contributed by atoms with Crippen LogP contribution in [0.3, 0.4) is 0 Å². The van der Waals surface area contributed by atoms with Gasteiger partial charge in [-0.3, -0.25) is 4.40 Å². The Labute approximate surface area is 113 Å². The molecular weight excluding hydrogens is 264 g/mol. The number of pyridine rings is 1. The number of aromatic nitrogens is 2. The number of aromatic carboxylic acids is 1. The Bertz CT molecular complexity index is 780. The number of fused-ring (bicyclic) bond motifs is 1. The lowest BCUT2D eigenvalue weighted by Gasteiger charge is -2.05. The Morgan fingerprint density at radius 2 is 2.00 bits per heavy atom. The Morgan fingerprint density at radius 1 is 1.21 bits per heavy atom. The molecule has 3 aromatic rings. The van der Waals surface area contributed by atoms with Crippen LogP contribution in [0.2, 0.25) is 5.02 Å². The molecule has 19 heavy (non-hydrogen) atoms. The lowest BCUT2D eigenvalue weighted by atomic mass is 10.2. The summed E-state index contributed by atoms with van der Waals surface area (Å²) >= 11 is 5.96. The fourth-order valence-corrected chi connectivity index (χ4v) is 2.24. The van der Waals surface area contributed by atoms with Gasteiger partial charge in [-0.15, -0.1) is 0 Å². The minimum Gasteiger partial charge on any atom is -0.477 e. The second-order valence-electron chi connectivity index (χ2n) is 4.07. The van der Waals surface area contributed by atoms with E-state index in [4.69, 9.17) is 11.6 Å². The molecule has 1 aromatic carbocycles. The number of imidazole rings is 1. The molecule has 2 aromatic heterocycles. The summed E-state index contributed by atoms with van der Waals surface area (Å²) in [6, 6.07) is 12.2. The van der Waals surface area contributed by atoms with Crippen LogP contribution in [0.25, 0.3) is 16.9 Å². The highest BCUT2D eigenvalue weighted by atomic mass is 35.5. The van der Waals surface area contributed by atoms with E-state index in [1.54, 1.807) is 34.9 Å². The average Bonchev–Trinajstić information content (AvgIpc) is 2.82. The van der Waals surface area contributed by atoms with Crippen molar-refractivity contribution < 1.29 is 9.90 Å². The summed E-state index contributed by atoms with van der Waals surface area (Å²) in [6.45, 7) is 0. The number of rotatable bonds is 2. The molecule has 1 N–H and O–H groups in total. The summed E-state index contributed by atoms with van der Waals surface area (Å²) < 4.78 is 1.61. The van der Waals surface area contributed by atoms with E-state index >= 15 is 0 Å². The van der Waals surface area contributed by atoms with Crippen molar-refractivity contribution in [2.45, 2.75) is 0 Å². The number of benzene rings is 1. The molecule has 0 radical (unpaired) electrons. The lowest BCUT2D eigenvalue weighted by Crippen LogP contribution is -2.05. The van der Waals surface area contributed by atoms with Crippen molar-refractivity contribution in [3.8, 4) is 11.4 Å². The maximum atomic E-state index is 11.3. The molecule has 0 atom stereocenters. The van der Waals surface area contributed by atoms with E-state index in [1.807, 2.05) is 18.2 Å². The number of carboxylic acid groups (broad SMARTS) is 1. The smallest absolute Gasteiger partial charge is 0.352 e. The fraction of sp³-hybridized carbons (Fsp3) is 0. The molecule has 2 heterocycles. The van der Waals surface area contributed by atoms with Gasteiger partial charge in [-0.2, -0.15) is 0 Å². The molecular formula is C14H9ClN2O2. The first-order valence-electron chi connectivity index (χ1n) is 5.62. The second-order valence-corrected chi connectivity index (χ2v) is 4.51. The molecule has 0 amide bonds. The largest absolute Gasteiger partial charge is 0.477 e. The molecule has 0 spiro atoms. The lowest BCUT2D eigenvalue weighted by molar-refractivity contribution is 0.0689. The molecule has 0 aliphatic heterocycles. The van der Waals surface area contributed by atoms with Gasteiger partial charge in [0.15, 0.2) is 0 Å². The SMILES string of the molecule is O=C(O)c1cccc2cnc(-c3cccc(Cl)c3)n12. The average molecular weight is 273 g/mol. The zero-order valence-electron chi connectivity index (χ0n) is 9.75. The first-order valence-corrected chi connectivity index (χ1v) is 6.00. The van der Waals surface area contributed by atoms with Gasteiger partial charge < -0.3 is 5.11 Å². The molecule has 4 nitrogen and oxygen atoms in total. The topological polar surface area (TPSA) is 54.6 Å². The van der Waals surface area contributed by atoms with Gasteiger partial charge in [-0.1, -0.05) is 29.8 Å². The molecule has 0 saturated carbocycles. The Balaban J connectivity index is 2.33. The van der Waals surface area contributed by atoms with E-state index in [2.05, 4.69) is 4.98 Å². The van der Waals surface area contributed by atoms with Gasteiger partial charge in [0.1, 0.15) is 11.5 Å². The van der Waals surface area contributed by atoms with E-state index in [9.17, 15) is 9.90 Å². The minimum atomic E-state index is -0.994. The first kappa shape index (κ1) is 11.7. The van der Waals surface area contributed by atoms with Crippen LogP contribution in [-0.4, -0.2) is 20.5 Å². The van der Waals surface area contributed by atoms with Crippen LogP contribution in [0.1, 0.15) is 10.5 Å². The zero-order chi connectivity index (χ0) is 13.4. The van der Waals surface area contributed by atoms with Crippen molar-refractivity contribution >= 4 is 23.1 Å². The standard InChI is InChI=1S/C14H9ClN2O2/c15-10-4-1-3-9(7-10)13-16-8-11-5-2-6-12(14(18)19)17(11)13/h1-8H,(H,18,19). The summed E-state index contributed by atoms with van der Waals surface area (Å²) in [5.41, 5.74) is 1.68. The Morgan fingerprint density at radius 3 is 2.74 bits per heavy atom. The summed E-state index contributed by atoms with van der Waals surface area (Å²) in [6.07, 6.45) is 1.64. The summed E-state index contributed by atoms with van der Waals surface area (Å²) in [4.78, 5) is 15.6. The Hall–Kier alpha value is -2.33. The van der Waals surface area contributed by atoms with Crippen LogP contribution in [0.15, 0.2) is 48.7 Å². The molecule has 0 bridgehead atoms. The van der Waals surface area contributed by atoms with Gasteiger partial charge in [-0.25, -0.2) is 9.78 Å². The summed E-state index contributed by atoms with van der Waals surface area (Å²) in [5, 5.41) is 9.84. The highest BCUT2D eigenvalue weighted by Gasteiger charge is 2.13. The van der Waals surface area contributed by atoms with Crippen LogP contribution in [-0.2, 0) is 0 Å². The van der Waals surface area contributed by atoms with Crippen LogP contribution < -0.4 is 0 Å². The van der Waals surface area contributed by atoms with E-state index in [0.29, 0.717) is 10.8 Å². The van der Waals surface area contributed by atoms with Crippen molar-refractivity contribution in [1.82, 2.24) is 9.38 Å². The molecule has 0 unspecified atom stereocenters. The predicted molar refractivity (Wildman–Crippen MR) is 72.6 cm³/mol. The highest BCUT2D eigenvalue weighted by Crippen LogP contribution is 2.24. The van der Waals surface area contributed by atoms with E-state index < -0.39 is 5.97 Å². The predicted octanol–water partition coefficient (Wildman–Crippen LogP) is 3.35. The van der Waals surface area contributed by atoms with Crippen molar-refractivity contribution in [2.24, 2.45) is 0 Å². The van der Waals surface area contributed by atoms with E-state index in [0.717, 1.165) is 11.1 Å². The van der Waals surface area contributed by atoms with Crippen LogP contribution in [0, 0.1) is 0 Å². The van der Waals surface area contributed by atoms with E-state index in [1.165, 1.54) is 0 Å². The monoisotopic (exact) mass is 272 g/mol. The molecule has 3 rings (SSSR count). The van der Waals surface area contributed by atoms with Crippen molar-refractivity contribution in [1.29, 1.82) is 0 Å². The van der Waals surface area contributed by atoms with Crippen LogP contribution >= 0.6 is 11.6 Å². The number of hydrogen-bond donors (Lipinski definition) is 1. The van der Waals surface area contributed by atoms with Gasteiger partial charge in [0.25, 0.3) is 0 Å². The normalized spacial score (nSPS) is 10.8. The zero-order valence-corrected chi connectivity index (χ0v) is 10.5. The summed E-state index contributed by atoms with van der Waals surface area (Å²) in [7, 11) is 0. The third-order valence-corrected chi connectivity index (χ3v) is 3.09. The quantitative estimate of drug-likeness (QED) is 0.778. The summed E-state index contributed by atoms with van der Waals surface area (Å²) in [5.74, 6) is -0.428. The number of carboxylic acids is 1. The third-order valence-electron chi connectivity index (χ3n) is 2.85. The van der Waals surface area contributed by atoms with Gasteiger partial charge in [-0.05, 0) is 24.3 Å². The van der Waals surface area contributed by atoms with Crippen LogP contribution in [0.5, 0.6) is 0 Å². The van der Waals surface area contributed by atoms with Crippen molar-refractivity contribution in [2.75, 3.05) is 0 Å². The van der Waals surface area contributed by atoms with Gasteiger partial charge in [0.2, 0.25) is 0 Å². The maximum Gasteiger partial charge on any atom is 0.352 e. The third kappa shape index (κ3) is 1.96. The second kappa shape index (κ2) is 4.40. The fourth-order valence-electron chi connectivity index (χ4n) is 2.05. The van der Waals surface area contributed by atoms with Crippen molar-refractivity contribution in [3.63, 3.8) is 0 Å². The highest BCUT2D eigenvalue weighted by molar-refractivity contribution is 6.30. The van der Waals surface area contributed by atoms with Gasteiger partial charge >= 0.3 is 5.97 Å². The maximum absolute atomic E-state index is 11.3.